The lowest BCUT2D eigenvalue weighted by molar-refractivity contribution is 0.0955. The lowest BCUT2D eigenvalue weighted by Crippen LogP contribution is -2.25. The van der Waals surface area contributed by atoms with E-state index >= 15 is 0 Å². The van der Waals surface area contributed by atoms with Crippen molar-refractivity contribution in [1.29, 1.82) is 0 Å². The summed E-state index contributed by atoms with van der Waals surface area (Å²) in [4.78, 5) is 21.4. The van der Waals surface area contributed by atoms with Crippen molar-refractivity contribution in [3.05, 3.63) is 58.9 Å². The third-order valence-corrected chi connectivity index (χ3v) is 4.52. The number of para-hydroxylation sites is 1. The average Bonchev–Trinajstić information content (AvgIpc) is 2.62. The number of carbonyl (C=O) groups excluding carboxylic acids is 1. The molecular weight excluding hydrogens is 324 g/mol. The molecule has 1 aliphatic carbocycles. The molecule has 0 saturated carbocycles. The second-order valence-electron chi connectivity index (χ2n) is 6.76. The second-order valence-corrected chi connectivity index (χ2v) is 6.76. The predicted molar refractivity (Wildman–Crippen MR) is 105 cm³/mol. The highest BCUT2D eigenvalue weighted by molar-refractivity contribution is 6.00. The first-order chi connectivity index (χ1) is 12.6. The zero-order valence-electron chi connectivity index (χ0n) is 15.5. The number of rotatable bonds is 6. The van der Waals surface area contributed by atoms with Crippen LogP contribution in [0.15, 0.2) is 42.0 Å². The molecule has 0 saturated heterocycles. The Hall–Kier alpha value is -2.69. The van der Waals surface area contributed by atoms with E-state index in [2.05, 4.69) is 26.7 Å². The molecule has 0 fully saturated rings. The van der Waals surface area contributed by atoms with Gasteiger partial charge in [-0.05, 0) is 64.2 Å². The van der Waals surface area contributed by atoms with Crippen LogP contribution in [0.2, 0.25) is 0 Å². The molecule has 1 aromatic heterocycles. The summed E-state index contributed by atoms with van der Waals surface area (Å²) in [6, 6.07) is 9.38. The number of anilines is 2. The Bertz CT molecular complexity index is 793. The van der Waals surface area contributed by atoms with Crippen molar-refractivity contribution in [2.45, 2.75) is 46.0 Å². The molecule has 0 spiro atoms. The van der Waals surface area contributed by atoms with Crippen molar-refractivity contribution in [3.63, 3.8) is 0 Å². The van der Waals surface area contributed by atoms with Crippen molar-refractivity contribution in [2.24, 2.45) is 0 Å². The maximum absolute atomic E-state index is 12.6. The minimum Gasteiger partial charge on any atom is -0.352 e. The second kappa shape index (κ2) is 8.61. The van der Waals surface area contributed by atoms with Crippen molar-refractivity contribution in [3.8, 4) is 0 Å². The Kier molecular flexibility index (Phi) is 6.00. The van der Waals surface area contributed by atoms with E-state index in [9.17, 15) is 4.79 Å². The van der Waals surface area contributed by atoms with Gasteiger partial charge in [-0.3, -0.25) is 4.79 Å². The minimum absolute atomic E-state index is 0.0751. The van der Waals surface area contributed by atoms with Crippen molar-refractivity contribution in [2.75, 3.05) is 11.9 Å². The number of hydrogen-bond acceptors (Lipinski definition) is 4. The molecule has 5 heteroatoms. The molecule has 1 amide bonds. The molecular formula is C21H26N4O. The van der Waals surface area contributed by atoms with Crippen LogP contribution in [-0.2, 0) is 0 Å². The monoisotopic (exact) mass is 350 g/mol. The molecule has 1 aromatic carbocycles. The fourth-order valence-electron chi connectivity index (χ4n) is 3.26. The van der Waals surface area contributed by atoms with Gasteiger partial charge in [-0.1, -0.05) is 23.8 Å². The quantitative estimate of drug-likeness (QED) is 0.755. The molecule has 2 aromatic rings. The van der Waals surface area contributed by atoms with Gasteiger partial charge < -0.3 is 10.6 Å². The van der Waals surface area contributed by atoms with Gasteiger partial charge in [-0.25, -0.2) is 9.97 Å². The molecule has 0 radical (unpaired) electrons. The fraction of sp³-hybridized carbons (Fsp3) is 0.381. The third-order valence-electron chi connectivity index (χ3n) is 4.52. The molecule has 2 N–H and O–H groups in total. The number of nitrogens with one attached hydrogen (secondary N) is 2. The topological polar surface area (TPSA) is 66.9 Å². The molecule has 0 unspecified atom stereocenters. The Morgan fingerprint density at radius 2 is 1.88 bits per heavy atom. The van der Waals surface area contributed by atoms with Crippen LogP contribution in [-0.4, -0.2) is 22.4 Å². The van der Waals surface area contributed by atoms with Crippen LogP contribution in [0.25, 0.3) is 0 Å². The largest absolute Gasteiger partial charge is 0.352 e. The zero-order valence-corrected chi connectivity index (χ0v) is 15.5. The summed E-state index contributed by atoms with van der Waals surface area (Å²) in [5.41, 5.74) is 4.57. The smallest absolute Gasteiger partial charge is 0.253 e. The molecule has 26 heavy (non-hydrogen) atoms. The highest BCUT2D eigenvalue weighted by Crippen LogP contribution is 2.21. The van der Waals surface area contributed by atoms with E-state index in [4.69, 9.17) is 0 Å². The summed E-state index contributed by atoms with van der Waals surface area (Å²) < 4.78 is 0. The van der Waals surface area contributed by atoms with Gasteiger partial charge in [0, 0.05) is 17.9 Å². The number of carbonyl (C=O) groups is 1. The number of aromatic nitrogens is 2. The van der Waals surface area contributed by atoms with Gasteiger partial charge in [0.05, 0.1) is 11.3 Å². The van der Waals surface area contributed by atoms with Crippen molar-refractivity contribution < 1.29 is 4.79 Å². The maximum Gasteiger partial charge on any atom is 0.253 e. The van der Waals surface area contributed by atoms with E-state index in [1.165, 1.54) is 24.8 Å². The van der Waals surface area contributed by atoms with Crippen molar-refractivity contribution >= 4 is 17.5 Å². The first-order valence-corrected chi connectivity index (χ1v) is 9.26. The summed E-state index contributed by atoms with van der Waals surface area (Å²) in [7, 11) is 0. The number of amides is 1. The number of nitrogens with zero attached hydrogens (tertiary/aromatic N) is 2. The highest BCUT2D eigenvalue weighted by atomic mass is 16.1. The fourth-order valence-corrected chi connectivity index (χ4v) is 3.26. The average molecular weight is 350 g/mol. The molecule has 3 rings (SSSR count). The number of benzene rings is 1. The van der Waals surface area contributed by atoms with Crippen molar-refractivity contribution in [1.82, 2.24) is 15.3 Å². The lowest BCUT2D eigenvalue weighted by Gasteiger charge is -2.14. The predicted octanol–water partition coefficient (Wildman–Crippen LogP) is 4.46. The van der Waals surface area contributed by atoms with Crippen LogP contribution >= 0.6 is 0 Å². The Balaban J connectivity index is 1.65. The van der Waals surface area contributed by atoms with Gasteiger partial charge >= 0.3 is 0 Å². The Labute approximate surface area is 155 Å². The normalized spacial score (nSPS) is 13.8. The zero-order chi connectivity index (χ0) is 18.4. The van der Waals surface area contributed by atoms with Crippen LogP contribution in [0.5, 0.6) is 0 Å². The van der Waals surface area contributed by atoms with Crippen LogP contribution in [0.4, 0.5) is 11.6 Å². The first kappa shape index (κ1) is 18.1. The van der Waals surface area contributed by atoms with Crippen LogP contribution in [0.3, 0.4) is 0 Å². The molecule has 0 atom stereocenters. The molecule has 5 nitrogen and oxygen atoms in total. The third kappa shape index (κ3) is 4.91. The summed E-state index contributed by atoms with van der Waals surface area (Å²) in [5, 5.41) is 6.22. The van der Waals surface area contributed by atoms with Crippen LogP contribution in [0.1, 0.15) is 53.8 Å². The van der Waals surface area contributed by atoms with Gasteiger partial charge in [-0.2, -0.15) is 0 Å². The Morgan fingerprint density at radius 3 is 2.62 bits per heavy atom. The summed E-state index contributed by atoms with van der Waals surface area (Å²) in [6.07, 6.45) is 8.14. The molecule has 136 valence electrons. The molecule has 0 bridgehead atoms. The Morgan fingerprint density at radius 1 is 1.12 bits per heavy atom. The molecule has 1 heterocycles. The number of hydrogen-bond donors (Lipinski definition) is 2. The van der Waals surface area contributed by atoms with E-state index in [0.29, 0.717) is 23.7 Å². The van der Waals surface area contributed by atoms with E-state index in [0.717, 1.165) is 24.2 Å². The summed E-state index contributed by atoms with van der Waals surface area (Å²) >= 11 is 0. The lowest BCUT2D eigenvalue weighted by atomic mass is 9.97. The standard InChI is InChI=1S/C21H26N4O/c1-15-14-16(2)24-21(23-15)25-19-11-7-6-10-18(19)20(26)22-13-12-17-8-4-3-5-9-17/h6-8,10-11,14H,3-5,9,12-13H2,1-2H3,(H,22,26)(H,23,24,25). The van der Waals surface area contributed by atoms with E-state index in [1.807, 2.05) is 44.2 Å². The summed E-state index contributed by atoms with van der Waals surface area (Å²) in [6.45, 7) is 4.52. The van der Waals surface area contributed by atoms with Gasteiger partial charge in [0.15, 0.2) is 0 Å². The van der Waals surface area contributed by atoms with Gasteiger partial charge in [-0.15, -0.1) is 0 Å². The highest BCUT2D eigenvalue weighted by Gasteiger charge is 2.12. The van der Waals surface area contributed by atoms with Gasteiger partial charge in [0.25, 0.3) is 5.91 Å². The van der Waals surface area contributed by atoms with Gasteiger partial charge in [0.2, 0.25) is 5.95 Å². The minimum atomic E-state index is -0.0751. The molecule has 0 aliphatic heterocycles. The SMILES string of the molecule is Cc1cc(C)nc(Nc2ccccc2C(=O)NCCC2=CCCCC2)n1. The van der Waals surface area contributed by atoms with Gasteiger partial charge in [0.1, 0.15) is 0 Å². The van der Waals surface area contributed by atoms with E-state index in [-0.39, 0.29) is 5.91 Å². The first-order valence-electron chi connectivity index (χ1n) is 9.26. The number of aryl methyl sites for hydroxylation is 2. The molecule has 1 aliphatic rings. The van der Waals surface area contributed by atoms with Crippen LogP contribution in [0, 0.1) is 13.8 Å². The van der Waals surface area contributed by atoms with E-state index in [1.54, 1.807) is 0 Å². The number of allylic oxidation sites excluding steroid dienone is 1. The van der Waals surface area contributed by atoms with E-state index < -0.39 is 0 Å². The maximum atomic E-state index is 12.6. The van der Waals surface area contributed by atoms with Crippen LogP contribution < -0.4 is 10.6 Å². The summed E-state index contributed by atoms with van der Waals surface area (Å²) in [5.74, 6) is 0.434.